The van der Waals surface area contributed by atoms with E-state index in [9.17, 15) is 14.4 Å². The summed E-state index contributed by atoms with van der Waals surface area (Å²) >= 11 is 1.29. The zero-order valence-corrected chi connectivity index (χ0v) is 11.7. The Balaban J connectivity index is 2.16. The number of hydrogen-bond acceptors (Lipinski definition) is 6. The minimum absolute atomic E-state index is 0.157. The lowest BCUT2D eigenvalue weighted by molar-refractivity contribution is -0.125. The third kappa shape index (κ3) is 2.66. The number of carbonyl (C=O) groups is 3. The van der Waals surface area contributed by atoms with Crippen molar-refractivity contribution < 1.29 is 19.1 Å². The maximum absolute atomic E-state index is 12.2. The summed E-state index contributed by atoms with van der Waals surface area (Å²) in [6, 6.07) is 1.03. The van der Waals surface area contributed by atoms with Crippen LogP contribution in [0, 0.1) is 0 Å². The fourth-order valence-electron chi connectivity index (χ4n) is 2.04. The number of esters is 1. The summed E-state index contributed by atoms with van der Waals surface area (Å²) < 4.78 is 4.68. The van der Waals surface area contributed by atoms with Crippen LogP contribution in [0.25, 0.3) is 0 Å². The van der Waals surface area contributed by atoms with Gasteiger partial charge in [-0.2, -0.15) is 0 Å². The van der Waals surface area contributed by atoms with Gasteiger partial charge in [-0.3, -0.25) is 9.59 Å². The average Bonchev–Trinajstić information content (AvgIpc) is 3.05. The van der Waals surface area contributed by atoms with Crippen LogP contribution in [0.3, 0.4) is 0 Å². The molecular formula is C12H15N3O4S. The molecule has 1 aromatic rings. The molecule has 1 atom stereocenters. The highest BCUT2D eigenvalue weighted by molar-refractivity contribution is 7.14. The van der Waals surface area contributed by atoms with Gasteiger partial charge in [0.1, 0.15) is 11.0 Å². The first-order chi connectivity index (χ1) is 9.58. The molecule has 8 heteroatoms. The summed E-state index contributed by atoms with van der Waals surface area (Å²) in [5.74, 6) is -1.09. The Morgan fingerprint density at radius 2 is 2.35 bits per heavy atom. The number of amides is 2. The average molecular weight is 297 g/mol. The van der Waals surface area contributed by atoms with Gasteiger partial charge in [-0.1, -0.05) is 0 Å². The van der Waals surface area contributed by atoms with Crippen LogP contribution in [0.4, 0.5) is 5.00 Å². The first kappa shape index (κ1) is 14.5. The van der Waals surface area contributed by atoms with Gasteiger partial charge in [0.05, 0.1) is 19.2 Å². The third-order valence-electron chi connectivity index (χ3n) is 3.02. The molecule has 1 aromatic heterocycles. The Kier molecular flexibility index (Phi) is 4.35. The Hall–Kier alpha value is -1.93. The number of nitrogens with two attached hydrogens (primary N) is 1. The van der Waals surface area contributed by atoms with E-state index in [1.54, 1.807) is 11.4 Å². The molecular weight excluding hydrogens is 282 g/mol. The quantitative estimate of drug-likeness (QED) is 0.744. The molecule has 0 saturated carbocycles. The van der Waals surface area contributed by atoms with Crippen LogP contribution < -0.4 is 16.0 Å². The summed E-state index contributed by atoms with van der Waals surface area (Å²) in [6.07, 6.45) is 0.489. The number of nitrogens with one attached hydrogen (secondary N) is 1. The van der Waals surface area contributed by atoms with E-state index in [1.165, 1.54) is 23.3 Å². The van der Waals surface area contributed by atoms with Gasteiger partial charge >= 0.3 is 5.97 Å². The van der Waals surface area contributed by atoms with Crippen LogP contribution >= 0.6 is 11.3 Å². The molecule has 0 bridgehead atoms. The Labute approximate surface area is 119 Å². The maximum atomic E-state index is 12.2. The van der Waals surface area contributed by atoms with Crippen molar-refractivity contribution in [3.63, 3.8) is 0 Å². The summed E-state index contributed by atoms with van der Waals surface area (Å²) in [4.78, 5) is 36.6. The third-order valence-corrected chi connectivity index (χ3v) is 3.96. The number of ether oxygens (including phenoxy) is 1. The fraction of sp³-hybridized carbons (Fsp3) is 0.417. The lowest BCUT2D eigenvalue weighted by Crippen LogP contribution is -2.43. The number of carbonyl (C=O) groups excluding carboxylic acids is 3. The molecule has 0 aliphatic carbocycles. The fourth-order valence-corrected chi connectivity index (χ4v) is 2.96. The van der Waals surface area contributed by atoms with Gasteiger partial charge in [-0.05, 0) is 17.9 Å². The highest BCUT2D eigenvalue weighted by Crippen LogP contribution is 2.31. The van der Waals surface area contributed by atoms with Crippen LogP contribution in [0.1, 0.15) is 16.8 Å². The molecule has 108 valence electrons. The van der Waals surface area contributed by atoms with Gasteiger partial charge < -0.3 is 20.7 Å². The van der Waals surface area contributed by atoms with Crippen molar-refractivity contribution in [1.29, 1.82) is 0 Å². The van der Waals surface area contributed by atoms with Gasteiger partial charge in [0.25, 0.3) is 0 Å². The van der Waals surface area contributed by atoms with Gasteiger partial charge in [0, 0.05) is 6.54 Å². The molecule has 0 radical (unpaired) electrons. The minimum atomic E-state index is -0.585. The molecule has 1 aliphatic rings. The van der Waals surface area contributed by atoms with Crippen molar-refractivity contribution >= 4 is 34.1 Å². The van der Waals surface area contributed by atoms with Crippen molar-refractivity contribution in [1.82, 2.24) is 5.32 Å². The van der Waals surface area contributed by atoms with E-state index in [0.717, 1.165) is 0 Å². The molecule has 2 heterocycles. The molecule has 0 spiro atoms. The Morgan fingerprint density at radius 3 is 3.00 bits per heavy atom. The molecule has 1 saturated heterocycles. The molecule has 7 nitrogen and oxygen atoms in total. The van der Waals surface area contributed by atoms with Crippen LogP contribution in [0.15, 0.2) is 11.4 Å². The molecule has 1 unspecified atom stereocenters. The second-order valence-electron chi connectivity index (χ2n) is 4.23. The van der Waals surface area contributed by atoms with E-state index in [2.05, 4.69) is 10.1 Å². The van der Waals surface area contributed by atoms with Gasteiger partial charge in [-0.15, -0.1) is 11.3 Å². The zero-order chi connectivity index (χ0) is 14.7. The number of methoxy groups -OCH3 is 1. The predicted octanol–water partition coefficient (Wildman–Crippen LogP) is -0.285. The number of anilines is 1. The number of nitrogens with zero attached hydrogens (tertiary/aromatic N) is 1. The van der Waals surface area contributed by atoms with Gasteiger partial charge in [-0.25, -0.2) is 4.79 Å². The Bertz CT molecular complexity index is 543. The highest BCUT2D eigenvalue weighted by atomic mass is 32.1. The molecule has 1 fully saturated rings. The first-order valence-corrected chi connectivity index (χ1v) is 6.93. The predicted molar refractivity (Wildman–Crippen MR) is 73.6 cm³/mol. The summed E-state index contributed by atoms with van der Waals surface area (Å²) in [5, 5.41) is 4.84. The zero-order valence-electron chi connectivity index (χ0n) is 10.9. The lowest BCUT2D eigenvalue weighted by Gasteiger charge is -2.16. The van der Waals surface area contributed by atoms with E-state index in [0.29, 0.717) is 23.5 Å². The van der Waals surface area contributed by atoms with Crippen molar-refractivity contribution in [2.45, 2.75) is 12.5 Å². The second kappa shape index (κ2) is 6.02. The van der Waals surface area contributed by atoms with Gasteiger partial charge in [0.2, 0.25) is 11.8 Å². The molecule has 2 amide bonds. The molecule has 0 aromatic carbocycles. The number of thiophene rings is 1. The van der Waals surface area contributed by atoms with Crippen molar-refractivity contribution in [3.05, 3.63) is 17.0 Å². The normalized spacial score (nSPS) is 18.2. The van der Waals surface area contributed by atoms with E-state index >= 15 is 0 Å². The molecule has 3 N–H and O–H groups in total. The number of hydrogen-bond donors (Lipinski definition) is 2. The smallest absolute Gasteiger partial charge is 0.340 e. The van der Waals surface area contributed by atoms with Crippen molar-refractivity contribution in [2.75, 3.05) is 25.1 Å². The van der Waals surface area contributed by atoms with E-state index in [1.807, 2.05) is 0 Å². The highest BCUT2D eigenvalue weighted by Gasteiger charge is 2.35. The van der Waals surface area contributed by atoms with Crippen LogP contribution in [-0.4, -0.2) is 44.0 Å². The summed E-state index contributed by atoms with van der Waals surface area (Å²) in [6.45, 7) is 0.287. The largest absolute Gasteiger partial charge is 0.465 e. The van der Waals surface area contributed by atoms with Crippen molar-refractivity contribution in [2.24, 2.45) is 5.73 Å². The topological polar surface area (TPSA) is 102 Å². The standard InChI is InChI=1S/C12H15N3O4S/c1-19-12(18)7-3-5-20-11(7)15-4-2-8(10(15)17)14-9(16)6-13/h3,5,8H,2,4,6,13H2,1H3,(H,14,16). The van der Waals surface area contributed by atoms with Gasteiger partial charge in [0.15, 0.2) is 0 Å². The Morgan fingerprint density at radius 1 is 1.60 bits per heavy atom. The first-order valence-electron chi connectivity index (χ1n) is 6.05. The monoisotopic (exact) mass is 297 g/mol. The van der Waals surface area contributed by atoms with E-state index in [-0.39, 0.29) is 18.4 Å². The number of rotatable bonds is 4. The van der Waals surface area contributed by atoms with Crippen LogP contribution in [-0.2, 0) is 14.3 Å². The SMILES string of the molecule is COC(=O)c1ccsc1N1CCC(NC(=O)CN)C1=O. The molecule has 2 rings (SSSR count). The molecule has 20 heavy (non-hydrogen) atoms. The van der Waals surface area contributed by atoms with E-state index < -0.39 is 12.0 Å². The summed E-state index contributed by atoms with van der Waals surface area (Å²) in [7, 11) is 1.29. The van der Waals surface area contributed by atoms with E-state index in [4.69, 9.17) is 5.73 Å². The van der Waals surface area contributed by atoms with Crippen molar-refractivity contribution in [3.8, 4) is 0 Å². The molecule has 1 aliphatic heterocycles. The lowest BCUT2D eigenvalue weighted by atomic mass is 10.2. The maximum Gasteiger partial charge on any atom is 0.340 e. The van der Waals surface area contributed by atoms with Crippen LogP contribution in [0.2, 0.25) is 0 Å². The van der Waals surface area contributed by atoms with Crippen LogP contribution in [0.5, 0.6) is 0 Å². The second-order valence-corrected chi connectivity index (χ2v) is 5.13. The summed E-state index contributed by atoms with van der Waals surface area (Å²) in [5.41, 5.74) is 5.57. The minimum Gasteiger partial charge on any atom is -0.465 e.